The number of carbonyl (C=O) groups excluding carboxylic acids is 1. The molecule has 3 nitrogen and oxygen atoms in total. The Kier molecular flexibility index (Phi) is 4.30. The fourth-order valence-electron chi connectivity index (χ4n) is 2.02. The molecule has 0 bridgehead atoms. The van der Waals surface area contributed by atoms with Gasteiger partial charge in [-0.1, -0.05) is 11.6 Å². The van der Waals surface area contributed by atoms with E-state index >= 15 is 0 Å². The number of carbonyl (C=O) groups is 1. The molecule has 0 spiro atoms. The van der Waals surface area contributed by atoms with E-state index in [0.29, 0.717) is 17.2 Å². The molecular weight excluding hydrogens is 318 g/mol. The van der Waals surface area contributed by atoms with Gasteiger partial charge in [-0.2, -0.15) is 0 Å². The number of ether oxygens (including phenoxy) is 1. The summed E-state index contributed by atoms with van der Waals surface area (Å²) >= 11 is 9.22. The van der Waals surface area contributed by atoms with Gasteiger partial charge in [-0.3, -0.25) is 4.79 Å². The van der Waals surface area contributed by atoms with Gasteiger partial charge in [0.2, 0.25) is 0 Å². The molecule has 98 valence electrons. The van der Waals surface area contributed by atoms with Crippen molar-refractivity contribution >= 4 is 33.4 Å². The highest BCUT2D eigenvalue weighted by Gasteiger charge is 2.29. The summed E-state index contributed by atoms with van der Waals surface area (Å²) in [5.41, 5.74) is 0.319. The van der Waals surface area contributed by atoms with Crippen LogP contribution in [0, 0.1) is 0 Å². The summed E-state index contributed by atoms with van der Waals surface area (Å²) in [7, 11) is 0. The van der Waals surface area contributed by atoms with Crippen molar-refractivity contribution < 1.29 is 9.53 Å². The summed E-state index contributed by atoms with van der Waals surface area (Å²) in [5, 5.41) is 3.63. The molecule has 1 atom stereocenters. The van der Waals surface area contributed by atoms with E-state index in [1.54, 1.807) is 18.2 Å². The molecule has 18 heavy (non-hydrogen) atoms. The molecule has 1 aliphatic rings. The summed E-state index contributed by atoms with van der Waals surface area (Å²) in [5.74, 6) is -0.0969. The van der Waals surface area contributed by atoms with Crippen molar-refractivity contribution in [2.45, 2.75) is 25.3 Å². The first-order valence-electron chi connectivity index (χ1n) is 5.85. The highest BCUT2D eigenvalue weighted by molar-refractivity contribution is 9.10. The highest BCUT2D eigenvalue weighted by atomic mass is 79.9. The topological polar surface area (TPSA) is 38.3 Å². The Hall–Kier alpha value is -0.580. The average Bonchev–Trinajstić information content (AvgIpc) is 2.33. The molecule has 0 radical (unpaired) electrons. The van der Waals surface area contributed by atoms with E-state index in [1.165, 1.54) is 0 Å². The molecule has 1 N–H and O–H groups in total. The van der Waals surface area contributed by atoms with Crippen molar-refractivity contribution in [2.24, 2.45) is 0 Å². The third-order valence-electron chi connectivity index (χ3n) is 3.03. The Morgan fingerprint density at radius 2 is 2.33 bits per heavy atom. The molecule has 5 heteroatoms. The molecule has 1 saturated heterocycles. The van der Waals surface area contributed by atoms with E-state index in [1.807, 2.05) is 6.92 Å². The van der Waals surface area contributed by atoms with Crippen LogP contribution >= 0.6 is 27.5 Å². The van der Waals surface area contributed by atoms with Crippen LogP contribution in [0.15, 0.2) is 22.7 Å². The van der Waals surface area contributed by atoms with E-state index in [4.69, 9.17) is 16.3 Å². The van der Waals surface area contributed by atoms with Crippen LogP contribution in [0.1, 0.15) is 30.1 Å². The maximum Gasteiger partial charge on any atom is 0.251 e. The molecule has 0 saturated carbocycles. The Morgan fingerprint density at radius 1 is 1.56 bits per heavy atom. The second-order valence-electron chi connectivity index (χ2n) is 4.80. The molecule has 2 rings (SSSR count). The number of benzene rings is 1. The first kappa shape index (κ1) is 13.8. The Balaban J connectivity index is 2.09. The summed E-state index contributed by atoms with van der Waals surface area (Å²) < 4.78 is 6.14. The number of halogens is 2. The number of rotatable bonds is 2. The van der Waals surface area contributed by atoms with E-state index < -0.39 is 0 Å². The molecule has 1 unspecified atom stereocenters. The zero-order valence-electron chi connectivity index (χ0n) is 10.1. The zero-order valence-corrected chi connectivity index (χ0v) is 12.5. The second-order valence-corrected chi connectivity index (χ2v) is 6.06. The van der Waals surface area contributed by atoms with Gasteiger partial charge in [0.05, 0.1) is 17.2 Å². The summed E-state index contributed by atoms with van der Waals surface area (Å²) in [6, 6.07) is 5.15. The van der Waals surface area contributed by atoms with Gasteiger partial charge < -0.3 is 10.1 Å². The monoisotopic (exact) mass is 331 g/mol. The van der Waals surface area contributed by atoms with Crippen molar-refractivity contribution in [3.05, 3.63) is 33.3 Å². The molecule has 1 aromatic carbocycles. The summed E-state index contributed by atoms with van der Waals surface area (Å²) in [4.78, 5) is 12.2. The van der Waals surface area contributed by atoms with Crippen LogP contribution in [0.2, 0.25) is 5.02 Å². The number of amides is 1. The van der Waals surface area contributed by atoms with Crippen molar-refractivity contribution in [3.63, 3.8) is 0 Å². The molecule has 1 fully saturated rings. The lowest BCUT2D eigenvalue weighted by molar-refractivity contribution is 0.0272. The molecule has 0 aliphatic carbocycles. The summed E-state index contributed by atoms with van der Waals surface area (Å²) in [6.07, 6.45) is 1.91. The minimum atomic E-state index is -0.276. The van der Waals surface area contributed by atoms with E-state index in [9.17, 15) is 4.79 Å². The average molecular weight is 333 g/mol. The lowest BCUT2D eigenvalue weighted by Crippen LogP contribution is -2.51. The fraction of sp³-hybridized carbons (Fsp3) is 0.462. The van der Waals surface area contributed by atoms with Crippen LogP contribution in [0.25, 0.3) is 0 Å². The number of hydrogen-bond acceptors (Lipinski definition) is 2. The first-order valence-corrected chi connectivity index (χ1v) is 7.03. The largest absolute Gasteiger partial charge is 0.379 e. The first-order chi connectivity index (χ1) is 8.50. The van der Waals surface area contributed by atoms with Gasteiger partial charge in [-0.15, -0.1) is 0 Å². The van der Waals surface area contributed by atoms with Gasteiger partial charge in [-0.25, -0.2) is 0 Å². The molecule has 1 aromatic rings. The van der Waals surface area contributed by atoms with Crippen LogP contribution in [0.3, 0.4) is 0 Å². The Morgan fingerprint density at radius 3 is 2.94 bits per heavy atom. The SMILES string of the molecule is CC1(NC(=O)c2ccc(Cl)c(Br)c2)CCCOC1. The normalized spacial score (nSPS) is 23.7. The van der Waals surface area contributed by atoms with Gasteiger partial charge >= 0.3 is 0 Å². The molecule has 0 aromatic heterocycles. The van der Waals surface area contributed by atoms with Crippen LogP contribution < -0.4 is 5.32 Å². The van der Waals surface area contributed by atoms with Crippen LogP contribution in [-0.4, -0.2) is 24.7 Å². The Labute approximate surface area is 120 Å². The van der Waals surface area contributed by atoms with Crippen molar-refractivity contribution in [3.8, 4) is 0 Å². The Bertz CT molecular complexity index is 458. The van der Waals surface area contributed by atoms with Crippen molar-refractivity contribution in [1.29, 1.82) is 0 Å². The highest BCUT2D eigenvalue weighted by Crippen LogP contribution is 2.24. The molecule has 1 aliphatic heterocycles. The molecule has 1 heterocycles. The van der Waals surface area contributed by atoms with E-state index in [2.05, 4.69) is 21.2 Å². The number of nitrogens with one attached hydrogen (secondary N) is 1. The van der Waals surface area contributed by atoms with Gasteiger partial charge in [0, 0.05) is 16.6 Å². The predicted octanol–water partition coefficient (Wildman–Crippen LogP) is 3.40. The maximum absolute atomic E-state index is 12.2. The molecule has 1 amide bonds. The minimum Gasteiger partial charge on any atom is -0.379 e. The minimum absolute atomic E-state index is 0.0969. The van der Waals surface area contributed by atoms with E-state index in [0.717, 1.165) is 23.9 Å². The predicted molar refractivity (Wildman–Crippen MR) is 75.1 cm³/mol. The van der Waals surface area contributed by atoms with Crippen molar-refractivity contribution in [2.75, 3.05) is 13.2 Å². The van der Waals surface area contributed by atoms with Crippen LogP contribution in [0.5, 0.6) is 0 Å². The third-order valence-corrected chi connectivity index (χ3v) is 4.25. The van der Waals surface area contributed by atoms with Crippen LogP contribution in [0.4, 0.5) is 0 Å². The molecular formula is C13H15BrClNO2. The van der Waals surface area contributed by atoms with Gasteiger partial charge in [0.15, 0.2) is 0 Å². The lowest BCUT2D eigenvalue weighted by atomic mass is 9.94. The van der Waals surface area contributed by atoms with Gasteiger partial charge in [0.1, 0.15) is 0 Å². The standard InChI is InChI=1S/C13H15BrClNO2/c1-13(5-2-6-18-8-13)16-12(17)9-3-4-11(15)10(14)7-9/h3-4,7H,2,5-6,8H2,1H3,(H,16,17). The summed E-state index contributed by atoms with van der Waals surface area (Å²) in [6.45, 7) is 3.35. The number of hydrogen-bond donors (Lipinski definition) is 1. The smallest absolute Gasteiger partial charge is 0.251 e. The van der Waals surface area contributed by atoms with Gasteiger partial charge in [0.25, 0.3) is 5.91 Å². The lowest BCUT2D eigenvalue weighted by Gasteiger charge is -2.34. The fourth-order valence-corrected chi connectivity index (χ4v) is 2.51. The second kappa shape index (κ2) is 5.59. The zero-order chi connectivity index (χ0) is 13.2. The quantitative estimate of drug-likeness (QED) is 0.901. The van der Waals surface area contributed by atoms with Crippen LogP contribution in [-0.2, 0) is 4.74 Å². The van der Waals surface area contributed by atoms with Crippen molar-refractivity contribution in [1.82, 2.24) is 5.32 Å². The van der Waals surface area contributed by atoms with Gasteiger partial charge in [-0.05, 0) is 53.9 Å². The third kappa shape index (κ3) is 3.25. The maximum atomic E-state index is 12.2. The van der Waals surface area contributed by atoms with E-state index in [-0.39, 0.29) is 11.4 Å².